The number of hydrogen-bond donors (Lipinski definition) is 0. The fourth-order valence-electron chi connectivity index (χ4n) is 2.64. The molecule has 0 saturated heterocycles. The van der Waals surface area contributed by atoms with E-state index in [9.17, 15) is 0 Å². The minimum absolute atomic E-state index is 0.138. The molecular weight excluding hydrogens is 416 g/mol. The van der Waals surface area contributed by atoms with E-state index in [2.05, 4.69) is 67.2 Å². The number of unbranched alkanes of at least 4 members (excludes halogenated alkanes) is 2. The second-order valence-corrected chi connectivity index (χ2v) is 7.70. The van der Waals surface area contributed by atoms with Crippen LogP contribution >= 0.6 is 31.9 Å². The van der Waals surface area contributed by atoms with Crippen molar-refractivity contribution in [1.29, 1.82) is 0 Å². The Bertz CT molecular complexity index is 566. The lowest BCUT2D eigenvalue weighted by Crippen LogP contribution is -2.31. The first-order valence-electron chi connectivity index (χ1n) is 8.26. The van der Waals surface area contributed by atoms with Crippen molar-refractivity contribution < 1.29 is 0 Å². The molecule has 0 N–H and O–H groups in total. The Balaban J connectivity index is 1.97. The maximum absolute atomic E-state index is 4.36. The van der Waals surface area contributed by atoms with Gasteiger partial charge in [-0.15, -0.1) is 0 Å². The highest BCUT2D eigenvalue weighted by Gasteiger charge is 2.34. The monoisotopic (exact) mass is 438 g/mol. The van der Waals surface area contributed by atoms with E-state index in [1.165, 1.54) is 25.7 Å². The molecule has 2 nitrogen and oxygen atoms in total. The fraction of sp³-hybridized carbons (Fsp3) is 0.474. The van der Waals surface area contributed by atoms with Crippen LogP contribution in [0.1, 0.15) is 39.0 Å². The second kappa shape index (κ2) is 9.53. The van der Waals surface area contributed by atoms with Crippen molar-refractivity contribution >= 4 is 37.5 Å². The van der Waals surface area contributed by atoms with E-state index >= 15 is 0 Å². The molecule has 0 saturated carbocycles. The maximum Gasteiger partial charge on any atom is 0.0857 e. The lowest BCUT2D eigenvalue weighted by molar-refractivity contribution is 0.401. The second-order valence-electron chi connectivity index (χ2n) is 6.03. The Labute approximate surface area is 156 Å². The van der Waals surface area contributed by atoms with Crippen LogP contribution in [0.25, 0.3) is 0 Å². The molecule has 2 atom stereocenters. The number of alkyl halides is 2. The standard InChI is InChI=1S/C19H24Br2N2/c1-2-3-5-10-18(21)19(15-20)13-11-17(12-14-19)23-22-16-8-6-4-7-9-16/h4,6-9,11-13,18H,2-3,5,10,14-15H2,1H3. The summed E-state index contributed by atoms with van der Waals surface area (Å²) in [6.45, 7) is 2.25. The van der Waals surface area contributed by atoms with Crippen molar-refractivity contribution in [2.24, 2.45) is 15.6 Å². The van der Waals surface area contributed by atoms with Crippen LogP contribution in [0.15, 0.2) is 64.5 Å². The van der Waals surface area contributed by atoms with Gasteiger partial charge in [-0.3, -0.25) is 0 Å². The van der Waals surface area contributed by atoms with Gasteiger partial charge in [0, 0.05) is 15.6 Å². The highest BCUT2D eigenvalue weighted by atomic mass is 79.9. The molecule has 1 aromatic carbocycles. The lowest BCUT2D eigenvalue weighted by Gasteiger charge is -2.35. The summed E-state index contributed by atoms with van der Waals surface area (Å²) < 4.78 is 0. The Morgan fingerprint density at radius 1 is 1.17 bits per heavy atom. The summed E-state index contributed by atoms with van der Waals surface area (Å²) in [7, 11) is 0. The molecule has 124 valence electrons. The molecule has 0 bridgehead atoms. The van der Waals surface area contributed by atoms with Crippen molar-refractivity contribution in [1.82, 2.24) is 0 Å². The molecule has 0 amide bonds. The van der Waals surface area contributed by atoms with Gasteiger partial charge in [0.05, 0.1) is 11.4 Å². The molecule has 0 spiro atoms. The number of azo groups is 1. The van der Waals surface area contributed by atoms with Crippen LogP contribution in [0.3, 0.4) is 0 Å². The summed E-state index contributed by atoms with van der Waals surface area (Å²) in [5, 5.41) is 9.60. The quantitative estimate of drug-likeness (QED) is 0.230. The first kappa shape index (κ1) is 18.6. The van der Waals surface area contributed by atoms with Crippen LogP contribution in [0.2, 0.25) is 0 Å². The highest BCUT2D eigenvalue weighted by Crippen LogP contribution is 2.41. The summed E-state index contributed by atoms with van der Waals surface area (Å²) in [5.74, 6) is 0. The zero-order valence-corrected chi connectivity index (χ0v) is 16.8. The predicted octanol–water partition coefficient (Wildman–Crippen LogP) is 7.34. The molecule has 0 aliphatic heterocycles. The molecular formula is C19H24Br2N2. The molecule has 0 fully saturated rings. The highest BCUT2D eigenvalue weighted by molar-refractivity contribution is 9.10. The molecule has 23 heavy (non-hydrogen) atoms. The van der Waals surface area contributed by atoms with Crippen molar-refractivity contribution in [3.8, 4) is 0 Å². The summed E-state index contributed by atoms with van der Waals surface area (Å²) in [4.78, 5) is 0.487. The van der Waals surface area contributed by atoms with E-state index < -0.39 is 0 Å². The first-order chi connectivity index (χ1) is 11.2. The number of hydrogen-bond acceptors (Lipinski definition) is 2. The Morgan fingerprint density at radius 3 is 2.57 bits per heavy atom. The molecule has 0 heterocycles. The summed E-state index contributed by atoms with van der Waals surface area (Å²) in [6.07, 6.45) is 12.6. The van der Waals surface area contributed by atoms with E-state index in [4.69, 9.17) is 0 Å². The summed E-state index contributed by atoms with van der Waals surface area (Å²) in [5.41, 5.74) is 1.97. The van der Waals surface area contributed by atoms with E-state index in [0.29, 0.717) is 4.83 Å². The van der Waals surface area contributed by atoms with Gasteiger partial charge < -0.3 is 0 Å². The van der Waals surface area contributed by atoms with Crippen molar-refractivity contribution in [2.75, 3.05) is 5.33 Å². The van der Waals surface area contributed by atoms with E-state index in [0.717, 1.165) is 23.1 Å². The molecule has 0 radical (unpaired) electrons. The first-order valence-corrected chi connectivity index (χ1v) is 10.3. The van der Waals surface area contributed by atoms with Gasteiger partial charge in [-0.2, -0.15) is 10.2 Å². The number of halogens is 2. The van der Waals surface area contributed by atoms with Gasteiger partial charge in [-0.05, 0) is 31.1 Å². The minimum Gasteiger partial charge on any atom is -0.151 e. The number of nitrogens with zero attached hydrogens (tertiary/aromatic N) is 2. The van der Waals surface area contributed by atoms with Gasteiger partial charge in [0.1, 0.15) is 0 Å². The average Bonchev–Trinajstić information content (AvgIpc) is 2.61. The van der Waals surface area contributed by atoms with Crippen LogP contribution in [0.4, 0.5) is 5.69 Å². The molecule has 1 aliphatic carbocycles. The summed E-state index contributed by atoms with van der Waals surface area (Å²) in [6, 6.07) is 9.85. The van der Waals surface area contributed by atoms with Crippen molar-refractivity contribution in [3.05, 3.63) is 54.3 Å². The average molecular weight is 440 g/mol. The van der Waals surface area contributed by atoms with Gasteiger partial charge in [-0.25, -0.2) is 0 Å². The Hall–Kier alpha value is -0.740. The van der Waals surface area contributed by atoms with Crippen LogP contribution in [0.5, 0.6) is 0 Å². The molecule has 2 unspecified atom stereocenters. The molecule has 1 aliphatic rings. The lowest BCUT2D eigenvalue weighted by atomic mass is 9.78. The number of rotatable bonds is 8. The third kappa shape index (κ3) is 5.39. The largest absolute Gasteiger partial charge is 0.151 e. The normalized spacial score (nSPS) is 22.3. The van der Waals surface area contributed by atoms with Gasteiger partial charge >= 0.3 is 0 Å². The topological polar surface area (TPSA) is 24.7 Å². The van der Waals surface area contributed by atoms with Gasteiger partial charge in [-0.1, -0.05) is 88.4 Å². The molecule has 4 heteroatoms. The molecule has 1 aromatic rings. The van der Waals surface area contributed by atoms with Gasteiger partial charge in [0.25, 0.3) is 0 Å². The summed E-state index contributed by atoms with van der Waals surface area (Å²) >= 11 is 7.63. The molecule has 2 rings (SSSR count). The van der Waals surface area contributed by atoms with Crippen molar-refractivity contribution in [2.45, 2.75) is 43.9 Å². The SMILES string of the molecule is CCCCCC(Br)C1(CBr)C=CC(N=Nc2ccccc2)=CC1. The predicted molar refractivity (Wildman–Crippen MR) is 106 cm³/mol. The van der Waals surface area contributed by atoms with E-state index in [1.54, 1.807) is 0 Å². The fourth-order valence-corrected chi connectivity index (χ4v) is 4.71. The zero-order chi connectivity index (χ0) is 16.5. The number of benzene rings is 1. The van der Waals surface area contributed by atoms with Crippen LogP contribution in [0, 0.1) is 5.41 Å². The van der Waals surface area contributed by atoms with E-state index in [-0.39, 0.29) is 5.41 Å². The number of allylic oxidation sites excluding steroid dienone is 3. The van der Waals surface area contributed by atoms with Crippen LogP contribution in [-0.4, -0.2) is 10.2 Å². The van der Waals surface area contributed by atoms with Gasteiger partial charge in [0.15, 0.2) is 0 Å². The third-order valence-corrected chi connectivity index (χ3v) is 6.66. The Kier molecular flexibility index (Phi) is 7.71. The third-order valence-electron chi connectivity index (χ3n) is 4.25. The minimum atomic E-state index is 0.138. The maximum atomic E-state index is 4.36. The van der Waals surface area contributed by atoms with Crippen LogP contribution in [-0.2, 0) is 0 Å². The van der Waals surface area contributed by atoms with E-state index in [1.807, 2.05) is 30.3 Å². The zero-order valence-electron chi connectivity index (χ0n) is 13.6. The molecule has 0 aromatic heterocycles. The Morgan fingerprint density at radius 2 is 1.96 bits per heavy atom. The van der Waals surface area contributed by atoms with Crippen LogP contribution < -0.4 is 0 Å². The van der Waals surface area contributed by atoms with Crippen molar-refractivity contribution in [3.63, 3.8) is 0 Å². The van der Waals surface area contributed by atoms with Gasteiger partial charge in [0.2, 0.25) is 0 Å². The smallest absolute Gasteiger partial charge is 0.0857 e.